The normalized spacial score (nSPS) is 11.3. The quantitative estimate of drug-likeness (QED) is 0.584. The zero-order valence-electron chi connectivity index (χ0n) is 11.3. The van der Waals surface area contributed by atoms with Crippen LogP contribution in [0.3, 0.4) is 0 Å². The van der Waals surface area contributed by atoms with E-state index in [2.05, 4.69) is 20.3 Å². The molecule has 0 aliphatic carbocycles. The minimum Gasteiger partial charge on any atom is -0.494 e. The number of H-pyrrole nitrogens is 1. The van der Waals surface area contributed by atoms with Crippen LogP contribution in [0.15, 0.2) is 33.7 Å². The van der Waals surface area contributed by atoms with Crippen LogP contribution in [-0.2, 0) is 0 Å². The molecule has 8 nitrogen and oxygen atoms in total. The number of nitrogens with one attached hydrogen (secondary N) is 1. The summed E-state index contributed by atoms with van der Waals surface area (Å²) >= 11 is 1.28. The summed E-state index contributed by atoms with van der Waals surface area (Å²) in [6, 6.07) is 4.61. The topological polar surface area (TPSA) is 109 Å². The van der Waals surface area contributed by atoms with Crippen molar-refractivity contribution >= 4 is 16.3 Å². The molecule has 4 aromatic rings. The molecular weight excluding hydrogens is 306 g/mol. The Morgan fingerprint density at radius 3 is 2.95 bits per heavy atom. The monoisotopic (exact) mass is 315 g/mol. The first kappa shape index (κ1) is 12.8. The third-order valence-electron chi connectivity index (χ3n) is 3.17. The van der Waals surface area contributed by atoms with E-state index >= 15 is 0 Å². The Morgan fingerprint density at radius 2 is 2.23 bits per heavy atom. The SMILES string of the molecule is Cc1occc1-c1nnc2sc(-c3cc(O)[nH]c(=O)c3)nn12. The van der Waals surface area contributed by atoms with E-state index in [4.69, 9.17) is 4.42 Å². The van der Waals surface area contributed by atoms with Gasteiger partial charge in [-0.15, -0.1) is 10.2 Å². The Bertz CT molecular complexity index is 1040. The second kappa shape index (κ2) is 4.53. The third-order valence-corrected chi connectivity index (χ3v) is 4.12. The van der Waals surface area contributed by atoms with Gasteiger partial charge in [0.1, 0.15) is 10.8 Å². The minimum absolute atomic E-state index is 0.209. The summed E-state index contributed by atoms with van der Waals surface area (Å²) in [7, 11) is 0. The number of aromatic hydroxyl groups is 1. The van der Waals surface area contributed by atoms with Gasteiger partial charge in [0.25, 0.3) is 5.56 Å². The molecule has 4 aromatic heterocycles. The molecule has 9 heteroatoms. The lowest BCUT2D eigenvalue weighted by molar-refractivity contribution is 0.452. The number of furan rings is 1. The molecule has 0 radical (unpaired) electrons. The van der Waals surface area contributed by atoms with Gasteiger partial charge in [-0.2, -0.15) is 9.61 Å². The molecule has 0 unspecified atom stereocenters. The maximum Gasteiger partial charge on any atom is 0.251 e. The number of hydrogen-bond acceptors (Lipinski definition) is 7. The Kier molecular flexibility index (Phi) is 2.63. The minimum atomic E-state index is -0.396. The molecule has 0 aliphatic rings. The van der Waals surface area contributed by atoms with Gasteiger partial charge in [-0.25, -0.2) is 0 Å². The van der Waals surface area contributed by atoms with Crippen molar-refractivity contribution in [3.8, 4) is 27.8 Å². The summed E-state index contributed by atoms with van der Waals surface area (Å²) in [5, 5.41) is 22.7. The highest BCUT2D eigenvalue weighted by Gasteiger charge is 2.17. The molecule has 0 aliphatic heterocycles. The van der Waals surface area contributed by atoms with Crippen molar-refractivity contribution in [2.45, 2.75) is 6.92 Å². The number of rotatable bonds is 2. The highest BCUT2D eigenvalue weighted by atomic mass is 32.1. The molecule has 4 rings (SSSR count). The molecule has 4 heterocycles. The Balaban J connectivity index is 1.90. The summed E-state index contributed by atoms with van der Waals surface area (Å²) in [5.74, 6) is 1.08. The van der Waals surface area contributed by atoms with Gasteiger partial charge in [0.15, 0.2) is 11.7 Å². The first-order valence-corrected chi connectivity index (χ1v) is 7.14. The van der Waals surface area contributed by atoms with Gasteiger partial charge in [0.05, 0.1) is 11.8 Å². The zero-order valence-corrected chi connectivity index (χ0v) is 12.1. The van der Waals surface area contributed by atoms with Crippen LogP contribution >= 0.6 is 11.3 Å². The molecule has 0 amide bonds. The van der Waals surface area contributed by atoms with Gasteiger partial charge in [-0.05, 0) is 13.0 Å². The standard InChI is InChI=1S/C13H9N5O3S/c1-6-8(2-3-21-6)11-15-16-13-18(11)17-12(22-13)7-4-9(19)14-10(20)5-7/h2-5H,1H3,(H2,14,19,20). The van der Waals surface area contributed by atoms with Crippen LogP contribution in [0.2, 0.25) is 0 Å². The van der Waals surface area contributed by atoms with Crippen LogP contribution < -0.4 is 5.56 Å². The van der Waals surface area contributed by atoms with E-state index in [1.165, 1.54) is 23.5 Å². The number of aromatic amines is 1. The second-order valence-electron chi connectivity index (χ2n) is 4.63. The molecule has 110 valence electrons. The molecule has 0 spiro atoms. The Labute approximate surface area is 126 Å². The lowest BCUT2D eigenvalue weighted by atomic mass is 10.2. The molecule has 0 fully saturated rings. The van der Waals surface area contributed by atoms with Crippen molar-refractivity contribution in [3.05, 3.63) is 40.6 Å². The van der Waals surface area contributed by atoms with E-state index < -0.39 is 5.56 Å². The number of aryl methyl sites for hydroxylation is 1. The smallest absolute Gasteiger partial charge is 0.251 e. The predicted octanol–water partition coefficient (Wildman–Crippen LogP) is 1.82. The summed E-state index contributed by atoms with van der Waals surface area (Å²) in [5.41, 5.74) is 0.927. The summed E-state index contributed by atoms with van der Waals surface area (Å²) < 4.78 is 6.87. The molecule has 0 atom stereocenters. The van der Waals surface area contributed by atoms with Crippen molar-refractivity contribution < 1.29 is 9.52 Å². The molecule has 22 heavy (non-hydrogen) atoms. The van der Waals surface area contributed by atoms with E-state index in [1.54, 1.807) is 16.8 Å². The largest absolute Gasteiger partial charge is 0.494 e. The predicted molar refractivity (Wildman–Crippen MR) is 78.8 cm³/mol. The fourth-order valence-electron chi connectivity index (χ4n) is 2.17. The first-order chi connectivity index (χ1) is 10.6. The van der Waals surface area contributed by atoms with Gasteiger partial charge in [-0.3, -0.25) is 9.78 Å². The van der Waals surface area contributed by atoms with E-state index in [0.717, 1.165) is 11.3 Å². The molecular formula is C13H9N5O3S. The zero-order chi connectivity index (χ0) is 15.3. The van der Waals surface area contributed by atoms with Crippen molar-refractivity contribution in [3.63, 3.8) is 0 Å². The average molecular weight is 315 g/mol. The van der Waals surface area contributed by atoms with Crippen LogP contribution in [0.4, 0.5) is 0 Å². The average Bonchev–Trinajstić information content (AvgIpc) is 3.12. The molecule has 0 saturated carbocycles. The van der Waals surface area contributed by atoms with Gasteiger partial charge in [0.2, 0.25) is 4.96 Å². The lowest BCUT2D eigenvalue weighted by Crippen LogP contribution is -2.03. The van der Waals surface area contributed by atoms with Crippen LogP contribution in [0.25, 0.3) is 26.9 Å². The van der Waals surface area contributed by atoms with Crippen molar-refractivity contribution in [1.82, 2.24) is 24.8 Å². The number of fused-ring (bicyclic) bond motifs is 1. The number of pyridine rings is 1. The fraction of sp³-hybridized carbons (Fsp3) is 0.0769. The van der Waals surface area contributed by atoms with E-state index in [9.17, 15) is 9.90 Å². The summed E-state index contributed by atoms with van der Waals surface area (Å²) in [6.07, 6.45) is 1.58. The van der Waals surface area contributed by atoms with Crippen LogP contribution in [0, 0.1) is 6.92 Å². The maximum absolute atomic E-state index is 11.5. The highest BCUT2D eigenvalue weighted by Crippen LogP contribution is 2.29. The lowest BCUT2D eigenvalue weighted by Gasteiger charge is -1.96. The number of hydrogen-bond donors (Lipinski definition) is 2. The van der Waals surface area contributed by atoms with Gasteiger partial charge in [0, 0.05) is 17.7 Å². The molecule has 2 N–H and O–H groups in total. The Morgan fingerprint density at radius 1 is 1.36 bits per heavy atom. The summed E-state index contributed by atoms with van der Waals surface area (Å²) in [6.45, 7) is 1.83. The van der Waals surface area contributed by atoms with Crippen LogP contribution in [0.5, 0.6) is 5.88 Å². The van der Waals surface area contributed by atoms with Crippen LogP contribution in [0.1, 0.15) is 5.76 Å². The summed E-state index contributed by atoms with van der Waals surface area (Å²) in [4.78, 5) is 14.3. The first-order valence-electron chi connectivity index (χ1n) is 6.32. The maximum atomic E-state index is 11.5. The van der Waals surface area contributed by atoms with Gasteiger partial charge >= 0.3 is 0 Å². The van der Waals surface area contributed by atoms with Crippen molar-refractivity contribution in [2.75, 3.05) is 0 Å². The Hall–Kier alpha value is -2.94. The molecule has 0 bridgehead atoms. The van der Waals surface area contributed by atoms with Crippen LogP contribution in [-0.4, -0.2) is 29.9 Å². The third kappa shape index (κ3) is 1.91. The number of nitrogens with zero attached hydrogens (tertiary/aromatic N) is 4. The highest BCUT2D eigenvalue weighted by molar-refractivity contribution is 7.19. The van der Waals surface area contributed by atoms with E-state index in [-0.39, 0.29) is 5.88 Å². The second-order valence-corrected chi connectivity index (χ2v) is 5.59. The van der Waals surface area contributed by atoms with Crippen molar-refractivity contribution in [2.24, 2.45) is 0 Å². The molecule has 0 saturated heterocycles. The van der Waals surface area contributed by atoms with Gasteiger partial charge < -0.3 is 9.52 Å². The van der Waals surface area contributed by atoms with Crippen molar-refractivity contribution in [1.29, 1.82) is 0 Å². The van der Waals surface area contributed by atoms with E-state index in [0.29, 0.717) is 21.4 Å². The number of aromatic nitrogens is 5. The van der Waals surface area contributed by atoms with E-state index in [1.807, 2.05) is 6.92 Å². The fourth-order valence-corrected chi connectivity index (χ4v) is 3.00. The van der Waals surface area contributed by atoms with Gasteiger partial charge in [-0.1, -0.05) is 11.3 Å². The molecule has 0 aromatic carbocycles.